The van der Waals surface area contributed by atoms with Crippen molar-refractivity contribution in [3.05, 3.63) is 71.4 Å². The predicted molar refractivity (Wildman–Crippen MR) is 110 cm³/mol. The molecule has 2 heterocycles. The van der Waals surface area contributed by atoms with Crippen molar-refractivity contribution in [2.24, 2.45) is 0 Å². The van der Waals surface area contributed by atoms with Crippen molar-refractivity contribution in [3.8, 4) is 11.5 Å². The average molecular weight is 413 g/mol. The number of carbonyl (C=O) groups excluding carboxylic acids is 1. The van der Waals surface area contributed by atoms with Crippen LogP contribution in [0.5, 0.6) is 11.5 Å². The van der Waals surface area contributed by atoms with Gasteiger partial charge in [0, 0.05) is 38.8 Å². The maximum atomic E-state index is 12.3. The highest BCUT2D eigenvalue weighted by Crippen LogP contribution is 2.29. The van der Waals surface area contributed by atoms with E-state index in [1.165, 1.54) is 6.26 Å². The van der Waals surface area contributed by atoms with Gasteiger partial charge in [0.2, 0.25) is 0 Å². The van der Waals surface area contributed by atoms with E-state index in [-0.39, 0.29) is 6.03 Å². The number of piperazine rings is 1. The van der Waals surface area contributed by atoms with E-state index in [1.807, 2.05) is 36.4 Å². The van der Waals surface area contributed by atoms with Gasteiger partial charge >= 0.3 is 6.03 Å². The zero-order valence-electron chi connectivity index (χ0n) is 15.8. The van der Waals surface area contributed by atoms with E-state index >= 15 is 0 Å². The number of urea groups is 1. The zero-order chi connectivity index (χ0) is 20.1. The number of halogens is 1. The van der Waals surface area contributed by atoms with E-state index < -0.39 is 0 Å². The third kappa shape index (κ3) is 5.07. The molecule has 0 aliphatic carbocycles. The monoisotopic (exact) mass is 412 g/mol. The number of nitrogens with zero attached hydrogens (tertiary/aromatic N) is 3. The standard InChI is InChI=1S/C21H21ClN4O3/c22-18-6-1-2-7-19(18)29-17-5-3-4-16(14-17)15-25-9-11-26(12-10-25)21(27)23-20-8-13-28-24-20/h1-8,13-14H,9-12,15H2,(H,23,24,27). The predicted octanol–water partition coefficient (Wildman–Crippen LogP) is 4.47. The van der Waals surface area contributed by atoms with E-state index in [4.69, 9.17) is 20.9 Å². The molecule has 4 rings (SSSR count). The summed E-state index contributed by atoms with van der Waals surface area (Å²) in [5.41, 5.74) is 1.15. The van der Waals surface area contributed by atoms with Crippen LogP contribution in [0.15, 0.2) is 65.4 Å². The smallest absolute Gasteiger partial charge is 0.323 e. The van der Waals surface area contributed by atoms with Crippen LogP contribution in [0.25, 0.3) is 0 Å². The summed E-state index contributed by atoms with van der Waals surface area (Å²) in [6.45, 7) is 3.68. The van der Waals surface area contributed by atoms with E-state index in [0.29, 0.717) is 29.7 Å². The molecule has 29 heavy (non-hydrogen) atoms. The Labute approximate surface area is 173 Å². The number of hydrogen-bond acceptors (Lipinski definition) is 5. The van der Waals surface area contributed by atoms with Crippen LogP contribution in [-0.2, 0) is 6.54 Å². The average Bonchev–Trinajstić information content (AvgIpc) is 3.24. The number of rotatable bonds is 5. The first kappa shape index (κ1) is 19.3. The van der Waals surface area contributed by atoms with Gasteiger partial charge in [0.15, 0.2) is 5.82 Å². The van der Waals surface area contributed by atoms with Crippen LogP contribution in [0, 0.1) is 0 Å². The summed E-state index contributed by atoms with van der Waals surface area (Å²) < 4.78 is 10.6. The van der Waals surface area contributed by atoms with Crippen molar-refractivity contribution in [2.45, 2.75) is 6.54 Å². The summed E-state index contributed by atoms with van der Waals surface area (Å²) in [5.74, 6) is 1.81. The van der Waals surface area contributed by atoms with E-state index in [9.17, 15) is 4.79 Å². The maximum absolute atomic E-state index is 12.3. The van der Waals surface area contributed by atoms with E-state index in [2.05, 4.69) is 21.4 Å². The number of nitrogens with one attached hydrogen (secondary N) is 1. The van der Waals surface area contributed by atoms with Crippen LogP contribution in [0.3, 0.4) is 0 Å². The largest absolute Gasteiger partial charge is 0.456 e. The van der Waals surface area contributed by atoms with Crippen molar-refractivity contribution >= 4 is 23.4 Å². The van der Waals surface area contributed by atoms with E-state index in [1.54, 1.807) is 17.0 Å². The summed E-state index contributed by atoms with van der Waals surface area (Å²) >= 11 is 6.17. The Morgan fingerprint density at radius 1 is 1.10 bits per heavy atom. The number of carbonyl (C=O) groups is 1. The third-order valence-corrected chi connectivity index (χ3v) is 5.01. The molecule has 0 spiro atoms. The number of aromatic nitrogens is 1. The minimum atomic E-state index is -0.159. The Morgan fingerprint density at radius 3 is 2.69 bits per heavy atom. The highest BCUT2D eigenvalue weighted by molar-refractivity contribution is 6.32. The second kappa shape index (κ2) is 8.98. The summed E-state index contributed by atoms with van der Waals surface area (Å²) in [5, 5.41) is 7.01. The molecular formula is C21H21ClN4O3. The van der Waals surface area contributed by atoms with Gasteiger partial charge in [-0.25, -0.2) is 4.79 Å². The van der Waals surface area contributed by atoms with Gasteiger partial charge in [0.05, 0.1) is 5.02 Å². The summed E-state index contributed by atoms with van der Waals surface area (Å²) in [4.78, 5) is 16.4. The molecule has 1 saturated heterocycles. The van der Waals surface area contributed by atoms with Crippen molar-refractivity contribution in [1.29, 1.82) is 0 Å². The van der Waals surface area contributed by atoms with Gasteiger partial charge < -0.3 is 14.2 Å². The lowest BCUT2D eigenvalue weighted by molar-refractivity contribution is 0.143. The lowest BCUT2D eigenvalue weighted by Crippen LogP contribution is -2.49. The van der Waals surface area contributed by atoms with Crippen LogP contribution in [0.2, 0.25) is 5.02 Å². The maximum Gasteiger partial charge on any atom is 0.323 e. The van der Waals surface area contributed by atoms with Gasteiger partial charge in [0.25, 0.3) is 0 Å². The molecular weight excluding hydrogens is 392 g/mol. The molecule has 0 radical (unpaired) electrons. The quantitative estimate of drug-likeness (QED) is 0.669. The minimum absolute atomic E-state index is 0.159. The first-order chi connectivity index (χ1) is 14.2. The number of hydrogen-bond donors (Lipinski definition) is 1. The highest BCUT2D eigenvalue weighted by Gasteiger charge is 2.21. The van der Waals surface area contributed by atoms with Gasteiger partial charge in [0.1, 0.15) is 17.8 Å². The summed E-state index contributed by atoms with van der Waals surface area (Å²) in [6, 6.07) is 16.9. The number of anilines is 1. The Morgan fingerprint density at radius 2 is 1.93 bits per heavy atom. The fraction of sp³-hybridized carbons (Fsp3) is 0.238. The molecule has 0 bridgehead atoms. The van der Waals surface area contributed by atoms with Gasteiger partial charge in [-0.3, -0.25) is 10.2 Å². The topological polar surface area (TPSA) is 70.8 Å². The molecule has 3 aromatic rings. The number of ether oxygens (including phenoxy) is 1. The van der Waals surface area contributed by atoms with Crippen molar-refractivity contribution in [1.82, 2.24) is 15.0 Å². The van der Waals surface area contributed by atoms with Crippen LogP contribution in [0.1, 0.15) is 5.56 Å². The van der Waals surface area contributed by atoms with Gasteiger partial charge in [-0.2, -0.15) is 0 Å². The molecule has 1 N–H and O–H groups in total. The molecule has 0 unspecified atom stereocenters. The van der Waals surface area contributed by atoms with Crippen molar-refractivity contribution in [2.75, 3.05) is 31.5 Å². The minimum Gasteiger partial charge on any atom is -0.456 e. The summed E-state index contributed by atoms with van der Waals surface area (Å²) in [6.07, 6.45) is 1.43. The molecule has 1 aliphatic rings. The van der Waals surface area contributed by atoms with Crippen LogP contribution < -0.4 is 10.1 Å². The molecule has 1 fully saturated rings. The molecule has 8 heteroatoms. The normalized spacial score (nSPS) is 14.6. The van der Waals surface area contributed by atoms with Crippen LogP contribution >= 0.6 is 11.6 Å². The molecule has 2 aromatic carbocycles. The number of para-hydroxylation sites is 1. The summed E-state index contributed by atoms with van der Waals surface area (Å²) in [7, 11) is 0. The van der Waals surface area contributed by atoms with Crippen LogP contribution in [0.4, 0.5) is 10.6 Å². The van der Waals surface area contributed by atoms with Gasteiger partial charge in [-0.1, -0.05) is 41.0 Å². The highest BCUT2D eigenvalue weighted by atomic mass is 35.5. The fourth-order valence-corrected chi connectivity index (χ4v) is 3.37. The number of amides is 2. The van der Waals surface area contributed by atoms with Gasteiger partial charge in [-0.15, -0.1) is 0 Å². The molecule has 2 amide bonds. The zero-order valence-corrected chi connectivity index (χ0v) is 16.5. The Bertz CT molecular complexity index is 956. The Kier molecular flexibility index (Phi) is 5.97. The van der Waals surface area contributed by atoms with Gasteiger partial charge in [-0.05, 0) is 29.8 Å². The van der Waals surface area contributed by atoms with Crippen molar-refractivity contribution < 1.29 is 14.1 Å². The third-order valence-electron chi connectivity index (χ3n) is 4.70. The number of benzene rings is 2. The lowest BCUT2D eigenvalue weighted by Gasteiger charge is -2.34. The lowest BCUT2D eigenvalue weighted by atomic mass is 10.2. The SMILES string of the molecule is O=C(Nc1ccon1)N1CCN(Cc2cccc(Oc3ccccc3Cl)c2)CC1. The first-order valence-electron chi connectivity index (χ1n) is 9.37. The molecule has 1 aromatic heterocycles. The molecule has 150 valence electrons. The Balaban J connectivity index is 1.30. The molecule has 7 nitrogen and oxygen atoms in total. The fourth-order valence-electron chi connectivity index (χ4n) is 3.19. The van der Waals surface area contributed by atoms with Crippen LogP contribution in [-0.4, -0.2) is 47.2 Å². The van der Waals surface area contributed by atoms with E-state index in [0.717, 1.165) is 30.9 Å². The first-order valence-corrected chi connectivity index (χ1v) is 9.75. The second-order valence-electron chi connectivity index (χ2n) is 6.76. The Hall–Kier alpha value is -3.03. The second-order valence-corrected chi connectivity index (χ2v) is 7.17. The molecule has 1 aliphatic heterocycles. The molecule has 0 saturated carbocycles. The van der Waals surface area contributed by atoms with Crippen molar-refractivity contribution in [3.63, 3.8) is 0 Å². The molecule has 0 atom stereocenters.